The Balaban J connectivity index is -0.0000000459. The molecule has 0 radical (unpaired) electrons. The van der Waals surface area contributed by atoms with Crippen LogP contribution in [0.1, 0.15) is 61.3 Å². The first-order chi connectivity index (χ1) is 7.97. The number of rotatable bonds is 2. The molecule has 6 heteroatoms. The largest absolute Gasteiger partial charge is 4.00 e. The van der Waals surface area contributed by atoms with Crippen LogP contribution in [-0.4, -0.2) is 24.3 Å². The number of carboxylic acid groups (broad SMARTS) is 1. The molecule has 0 aromatic carbocycles. The van der Waals surface area contributed by atoms with E-state index < -0.39 is 24.3 Å². The zero-order valence-electron chi connectivity index (χ0n) is 13.2. The van der Waals surface area contributed by atoms with E-state index in [2.05, 4.69) is 0 Å². The fraction of sp³-hybridized carbons (Fsp3) is 0.923. The molecule has 0 saturated carbocycles. The van der Waals surface area contributed by atoms with E-state index in [1.54, 1.807) is 48.5 Å². The monoisotopic (exact) mass is 354 g/mol. The standard InChI is InChI=1S/C4H8O2.3C3H7O.Zr/c1-2-3-4(5)6;3*1-3(2)4;/h2-3H2,1H3,(H,5,6);3*3H,1-2H3;/q;3*-1;+4/p-1. The van der Waals surface area contributed by atoms with Gasteiger partial charge in [-0.15, -0.1) is 18.3 Å². The molecule has 19 heavy (non-hydrogen) atoms. The average Bonchev–Trinajstić information content (AvgIpc) is 1.98. The molecule has 0 rings (SSSR count). The van der Waals surface area contributed by atoms with Gasteiger partial charge < -0.3 is 25.2 Å². The van der Waals surface area contributed by atoms with Gasteiger partial charge in [0.2, 0.25) is 0 Å². The summed E-state index contributed by atoms with van der Waals surface area (Å²) < 4.78 is 0. The Hall–Kier alpha value is 0.233. The summed E-state index contributed by atoms with van der Waals surface area (Å²) >= 11 is 0. The van der Waals surface area contributed by atoms with Gasteiger partial charge in [0.05, 0.1) is 0 Å². The van der Waals surface area contributed by atoms with E-state index in [-0.39, 0.29) is 32.6 Å². The van der Waals surface area contributed by atoms with Crippen LogP contribution in [0.4, 0.5) is 0 Å². The Morgan fingerprint density at radius 1 is 0.842 bits per heavy atom. The maximum absolute atomic E-state index is 9.53. The van der Waals surface area contributed by atoms with Crippen LogP contribution < -0.4 is 20.4 Å². The van der Waals surface area contributed by atoms with Crippen LogP contribution in [0.3, 0.4) is 0 Å². The maximum Gasteiger partial charge on any atom is 4.00 e. The molecule has 0 amide bonds. The number of carbonyl (C=O) groups is 1. The predicted molar refractivity (Wildman–Crippen MR) is 65.3 cm³/mol. The van der Waals surface area contributed by atoms with Crippen molar-refractivity contribution in [1.29, 1.82) is 0 Å². The van der Waals surface area contributed by atoms with Gasteiger partial charge in [-0.3, -0.25) is 0 Å². The minimum atomic E-state index is -0.961. The summed E-state index contributed by atoms with van der Waals surface area (Å²) in [5.41, 5.74) is 0. The molecule has 0 aliphatic heterocycles. The van der Waals surface area contributed by atoms with Crippen LogP contribution in [0, 0.1) is 0 Å². The van der Waals surface area contributed by atoms with Gasteiger partial charge in [-0.25, -0.2) is 0 Å². The van der Waals surface area contributed by atoms with Gasteiger partial charge in [-0.2, -0.15) is 0 Å². The summed E-state index contributed by atoms with van der Waals surface area (Å²) in [6.45, 7) is 11.5. The van der Waals surface area contributed by atoms with E-state index in [1.165, 1.54) is 0 Å². The molecule has 0 saturated heterocycles. The summed E-state index contributed by atoms with van der Waals surface area (Å²) in [4.78, 5) is 9.49. The van der Waals surface area contributed by atoms with Crippen LogP contribution in [0.5, 0.6) is 0 Å². The first kappa shape index (κ1) is 31.6. The number of carboxylic acids is 1. The predicted octanol–water partition coefficient (Wildman–Crippen LogP) is -1.20. The van der Waals surface area contributed by atoms with Crippen LogP contribution in [0.25, 0.3) is 0 Å². The van der Waals surface area contributed by atoms with Gasteiger partial charge in [0.15, 0.2) is 0 Å². The third-order valence-electron chi connectivity index (χ3n) is 0.454. The van der Waals surface area contributed by atoms with Crippen LogP contribution in [0.15, 0.2) is 0 Å². The van der Waals surface area contributed by atoms with Gasteiger partial charge in [0, 0.05) is 5.97 Å². The zero-order valence-corrected chi connectivity index (χ0v) is 15.6. The van der Waals surface area contributed by atoms with Crippen molar-refractivity contribution in [2.45, 2.75) is 79.6 Å². The number of hydrogen-bond acceptors (Lipinski definition) is 5. The molecule has 0 aromatic heterocycles. The molecule has 0 N–H and O–H groups in total. The second-order valence-electron chi connectivity index (χ2n) is 4.27. The first-order valence-corrected chi connectivity index (χ1v) is 6.14. The van der Waals surface area contributed by atoms with Crippen LogP contribution in [0.2, 0.25) is 0 Å². The Bertz CT molecular complexity index is 127. The summed E-state index contributed by atoms with van der Waals surface area (Å²) in [6.07, 6.45) is -0.400. The Morgan fingerprint density at radius 3 is 1.00 bits per heavy atom. The molecular weight excluding hydrogens is 327 g/mol. The van der Waals surface area contributed by atoms with Gasteiger partial charge >= 0.3 is 26.2 Å². The van der Waals surface area contributed by atoms with E-state index in [1.807, 2.05) is 0 Å². The molecule has 0 aliphatic rings. The second kappa shape index (κ2) is 26.7. The zero-order chi connectivity index (χ0) is 15.7. The fourth-order valence-corrected chi connectivity index (χ4v) is 0.204. The topological polar surface area (TPSA) is 109 Å². The summed E-state index contributed by atoms with van der Waals surface area (Å²) in [7, 11) is 0. The summed E-state index contributed by atoms with van der Waals surface area (Å²) in [5.74, 6) is -0.961. The van der Waals surface area contributed by atoms with Crippen molar-refractivity contribution in [2.75, 3.05) is 0 Å². The first-order valence-electron chi connectivity index (χ1n) is 6.14. The summed E-state index contributed by atoms with van der Waals surface area (Å²) in [6, 6.07) is 0. The molecule has 114 valence electrons. The fourth-order valence-electron chi connectivity index (χ4n) is 0.204. The van der Waals surface area contributed by atoms with Crippen LogP contribution in [-0.2, 0) is 31.0 Å². The third-order valence-corrected chi connectivity index (χ3v) is 0.454. The van der Waals surface area contributed by atoms with E-state index >= 15 is 0 Å². The molecule has 0 heterocycles. The minimum Gasteiger partial charge on any atom is -0.852 e. The van der Waals surface area contributed by atoms with Crippen molar-refractivity contribution < 1.29 is 51.4 Å². The van der Waals surface area contributed by atoms with Gasteiger partial charge in [-0.05, 0) is 6.42 Å². The van der Waals surface area contributed by atoms with Crippen molar-refractivity contribution >= 4 is 5.97 Å². The van der Waals surface area contributed by atoms with E-state index in [4.69, 9.17) is 0 Å². The SMILES string of the molecule is CC(C)[O-].CC(C)[O-].CC(C)[O-].CCCC(=O)[O-].[Zr+4]. The third kappa shape index (κ3) is 460. The van der Waals surface area contributed by atoms with Gasteiger partial charge in [0.1, 0.15) is 0 Å². The Labute approximate surface area is 137 Å². The number of hydrogen-bond donors (Lipinski definition) is 0. The van der Waals surface area contributed by atoms with Crippen LogP contribution >= 0.6 is 0 Å². The molecule has 0 spiro atoms. The smallest absolute Gasteiger partial charge is 0.852 e. The normalized spacial score (nSPS) is 8.26. The van der Waals surface area contributed by atoms with E-state index in [0.717, 1.165) is 0 Å². The molecule has 0 bridgehead atoms. The molecule has 0 aromatic rings. The maximum atomic E-state index is 9.53. The van der Waals surface area contributed by atoms with Crippen molar-refractivity contribution in [3.8, 4) is 0 Å². The average molecular weight is 356 g/mol. The van der Waals surface area contributed by atoms with Crippen molar-refractivity contribution in [3.63, 3.8) is 0 Å². The van der Waals surface area contributed by atoms with Crippen molar-refractivity contribution in [3.05, 3.63) is 0 Å². The molecule has 0 aliphatic carbocycles. The molecule has 0 fully saturated rings. The van der Waals surface area contributed by atoms with E-state index in [0.29, 0.717) is 6.42 Å². The van der Waals surface area contributed by atoms with Crippen molar-refractivity contribution in [1.82, 2.24) is 0 Å². The second-order valence-corrected chi connectivity index (χ2v) is 4.27. The molecule has 0 unspecified atom stereocenters. The van der Waals surface area contributed by atoms with Gasteiger partial charge in [0.25, 0.3) is 0 Å². The molecular formula is C13H28O5Zr. The molecule has 5 nitrogen and oxygen atoms in total. The number of aliphatic carboxylic acids is 1. The minimum absolute atomic E-state index is 0. The van der Waals surface area contributed by atoms with Crippen molar-refractivity contribution in [2.24, 2.45) is 0 Å². The quantitative estimate of drug-likeness (QED) is 0.618. The Morgan fingerprint density at radius 2 is 1.00 bits per heavy atom. The molecule has 0 atom stereocenters. The Kier molecular flexibility index (Phi) is 44.4. The number of carbonyl (C=O) groups excluding carboxylic acids is 1. The van der Waals surface area contributed by atoms with E-state index in [9.17, 15) is 25.2 Å². The van der Waals surface area contributed by atoms with Gasteiger partial charge in [-0.1, -0.05) is 54.9 Å². The summed E-state index contributed by atoms with van der Waals surface area (Å²) in [5, 5.41) is 38.1.